The van der Waals surface area contributed by atoms with Crippen molar-refractivity contribution in [2.24, 2.45) is 5.73 Å². The molecule has 1 aromatic carbocycles. The maximum absolute atomic E-state index is 12.5. The van der Waals surface area contributed by atoms with E-state index in [1.165, 1.54) is 17.8 Å². The Hall–Kier alpha value is -1.05. The fourth-order valence-corrected chi connectivity index (χ4v) is 3.10. The number of aromatic nitrogens is 1. The molecule has 2 N–H and O–H groups in total. The summed E-state index contributed by atoms with van der Waals surface area (Å²) in [4.78, 5) is 4.73. The minimum absolute atomic E-state index is 0.510. The molecule has 7 heteroatoms. The molecule has 0 amide bonds. The van der Waals surface area contributed by atoms with Crippen molar-refractivity contribution in [1.29, 1.82) is 0 Å². The van der Waals surface area contributed by atoms with Crippen LogP contribution in [0.5, 0.6) is 0 Å². The number of rotatable bonds is 4. The predicted molar refractivity (Wildman–Crippen MR) is 80.3 cm³/mol. The van der Waals surface area contributed by atoms with E-state index in [1.54, 1.807) is 0 Å². The Morgan fingerprint density at radius 2 is 1.95 bits per heavy atom. The van der Waals surface area contributed by atoms with Gasteiger partial charge in [-0.15, -0.1) is 0 Å². The first kappa shape index (κ1) is 16.3. The van der Waals surface area contributed by atoms with Crippen molar-refractivity contribution in [2.75, 3.05) is 6.54 Å². The van der Waals surface area contributed by atoms with Crippen LogP contribution in [0.2, 0.25) is 0 Å². The molecule has 1 aromatic heterocycles. The van der Waals surface area contributed by atoms with Gasteiger partial charge in [-0.1, -0.05) is 17.8 Å². The largest absolute Gasteiger partial charge is 0.417 e. The van der Waals surface area contributed by atoms with Gasteiger partial charge in [-0.25, -0.2) is 4.98 Å². The van der Waals surface area contributed by atoms with Crippen LogP contribution in [0.3, 0.4) is 0 Å². The predicted octanol–water partition coefficient (Wildman–Crippen LogP) is 4.52. The van der Waals surface area contributed by atoms with Crippen molar-refractivity contribution < 1.29 is 13.2 Å². The van der Waals surface area contributed by atoms with E-state index >= 15 is 0 Å². The number of hydrogen-bond acceptors (Lipinski definition) is 3. The summed E-state index contributed by atoms with van der Waals surface area (Å²) in [6.07, 6.45) is -2.73. The first-order valence-electron chi connectivity index (χ1n) is 6.10. The van der Waals surface area contributed by atoms with Gasteiger partial charge in [-0.2, -0.15) is 13.2 Å². The minimum atomic E-state index is -4.36. The Kier molecular flexibility index (Phi) is 5.29. The zero-order valence-corrected chi connectivity index (χ0v) is 13.2. The average molecular weight is 377 g/mol. The molecule has 112 valence electrons. The van der Waals surface area contributed by atoms with Gasteiger partial charge in [0.1, 0.15) is 5.03 Å². The van der Waals surface area contributed by atoms with Crippen molar-refractivity contribution in [1.82, 2.24) is 4.98 Å². The number of halogens is 4. The van der Waals surface area contributed by atoms with E-state index in [2.05, 4.69) is 20.9 Å². The fourth-order valence-electron chi connectivity index (χ4n) is 1.67. The van der Waals surface area contributed by atoms with E-state index in [0.717, 1.165) is 33.6 Å². The summed E-state index contributed by atoms with van der Waals surface area (Å²) < 4.78 is 38.3. The Labute approximate surface area is 133 Å². The van der Waals surface area contributed by atoms with Gasteiger partial charge in [-0.05, 0) is 58.7 Å². The fraction of sp³-hybridized carbons (Fsp3) is 0.214. The molecule has 0 aliphatic rings. The molecule has 0 unspecified atom stereocenters. The SMILES string of the molecule is NCCc1ccc(Sc2ccc(C(F)(F)F)cn2)c(Br)c1. The highest BCUT2D eigenvalue weighted by Gasteiger charge is 2.30. The second-order valence-electron chi connectivity index (χ2n) is 4.29. The normalized spacial score (nSPS) is 11.7. The molecule has 2 nitrogen and oxygen atoms in total. The molecular weight excluding hydrogens is 365 g/mol. The number of alkyl halides is 3. The Morgan fingerprint density at radius 3 is 2.48 bits per heavy atom. The van der Waals surface area contributed by atoms with Crippen LogP contribution in [0, 0.1) is 0 Å². The topological polar surface area (TPSA) is 38.9 Å². The van der Waals surface area contributed by atoms with Crippen LogP contribution in [-0.2, 0) is 12.6 Å². The van der Waals surface area contributed by atoms with Crippen molar-refractivity contribution >= 4 is 27.7 Å². The molecular formula is C14H12BrF3N2S. The molecule has 0 bridgehead atoms. The number of pyridine rings is 1. The molecule has 0 saturated heterocycles. The highest BCUT2D eigenvalue weighted by molar-refractivity contribution is 9.10. The lowest BCUT2D eigenvalue weighted by molar-refractivity contribution is -0.137. The van der Waals surface area contributed by atoms with E-state index in [-0.39, 0.29) is 0 Å². The van der Waals surface area contributed by atoms with E-state index in [9.17, 15) is 13.2 Å². The maximum atomic E-state index is 12.5. The van der Waals surface area contributed by atoms with Crippen molar-refractivity contribution in [3.05, 3.63) is 52.1 Å². The second-order valence-corrected chi connectivity index (χ2v) is 6.20. The lowest BCUT2D eigenvalue weighted by Gasteiger charge is -2.08. The molecule has 0 spiro atoms. The van der Waals surface area contributed by atoms with Gasteiger partial charge in [0, 0.05) is 15.6 Å². The quantitative estimate of drug-likeness (QED) is 0.852. The summed E-state index contributed by atoms with van der Waals surface area (Å²) in [5, 5.41) is 0.510. The number of hydrogen-bond donors (Lipinski definition) is 1. The first-order chi connectivity index (χ1) is 9.90. The van der Waals surface area contributed by atoms with Crippen molar-refractivity contribution in [3.8, 4) is 0 Å². The number of nitrogens with zero attached hydrogens (tertiary/aromatic N) is 1. The first-order valence-corrected chi connectivity index (χ1v) is 7.70. The molecule has 0 aliphatic carbocycles. The van der Waals surface area contributed by atoms with Gasteiger partial charge in [0.15, 0.2) is 0 Å². The van der Waals surface area contributed by atoms with E-state index in [0.29, 0.717) is 11.6 Å². The molecule has 1 heterocycles. The molecule has 21 heavy (non-hydrogen) atoms. The lowest BCUT2D eigenvalue weighted by atomic mass is 10.2. The smallest absolute Gasteiger partial charge is 0.330 e. The van der Waals surface area contributed by atoms with Gasteiger partial charge in [0.05, 0.1) is 5.56 Å². The van der Waals surface area contributed by atoms with Crippen LogP contribution in [0.4, 0.5) is 13.2 Å². The van der Waals surface area contributed by atoms with Crippen LogP contribution in [0.1, 0.15) is 11.1 Å². The third kappa shape index (κ3) is 4.46. The summed E-state index contributed by atoms with van der Waals surface area (Å²) in [7, 11) is 0. The standard InChI is InChI=1S/C14H12BrF3N2S/c15-11-7-9(5-6-19)1-3-12(11)21-13-4-2-10(8-20-13)14(16,17)18/h1-4,7-8H,5-6,19H2. The zero-order valence-electron chi connectivity index (χ0n) is 10.8. The molecule has 0 saturated carbocycles. The van der Waals surface area contributed by atoms with Crippen LogP contribution >= 0.6 is 27.7 Å². The van der Waals surface area contributed by atoms with Gasteiger partial charge in [0.2, 0.25) is 0 Å². The van der Waals surface area contributed by atoms with Crippen molar-refractivity contribution in [2.45, 2.75) is 22.5 Å². The lowest BCUT2D eigenvalue weighted by Crippen LogP contribution is -2.05. The maximum Gasteiger partial charge on any atom is 0.417 e. The van der Waals surface area contributed by atoms with Gasteiger partial charge < -0.3 is 5.73 Å². The average Bonchev–Trinajstić information content (AvgIpc) is 2.42. The Bertz CT molecular complexity index is 615. The summed E-state index contributed by atoms with van der Waals surface area (Å²) in [5.41, 5.74) is 5.86. The Balaban J connectivity index is 2.15. The highest BCUT2D eigenvalue weighted by Crippen LogP contribution is 2.34. The molecule has 0 fully saturated rings. The van der Waals surface area contributed by atoms with E-state index in [4.69, 9.17) is 5.73 Å². The van der Waals surface area contributed by atoms with Crippen LogP contribution < -0.4 is 5.73 Å². The zero-order chi connectivity index (χ0) is 15.5. The van der Waals surface area contributed by atoms with Gasteiger partial charge >= 0.3 is 6.18 Å². The van der Waals surface area contributed by atoms with Crippen LogP contribution in [0.25, 0.3) is 0 Å². The third-order valence-corrected chi connectivity index (χ3v) is 4.65. The second kappa shape index (κ2) is 6.81. The molecule has 0 aliphatic heterocycles. The number of benzene rings is 1. The highest BCUT2D eigenvalue weighted by atomic mass is 79.9. The summed E-state index contributed by atoms with van der Waals surface area (Å²) in [6.45, 7) is 0.569. The van der Waals surface area contributed by atoms with Crippen molar-refractivity contribution in [3.63, 3.8) is 0 Å². The molecule has 2 rings (SSSR count). The summed E-state index contributed by atoms with van der Waals surface area (Å²) in [6, 6.07) is 8.21. The monoisotopic (exact) mass is 376 g/mol. The minimum Gasteiger partial charge on any atom is -0.330 e. The van der Waals surface area contributed by atoms with Gasteiger partial charge in [-0.3, -0.25) is 0 Å². The molecule has 2 aromatic rings. The Morgan fingerprint density at radius 1 is 1.19 bits per heavy atom. The summed E-state index contributed by atoms with van der Waals surface area (Å²) in [5.74, 6) is 0. The van der Waals surface area contributed by atoms with E-state index in [1.807, 2.05) is 18.2 Å². The molecule has 0 radical (unpaired) electrons. The van der Waals surface area contributed by atoms with Gasteiger partial charge in [0.25, 0.3) is 0 Å². The summed E-state index contributed by atoms with van der Waals surface area (Å²) >= 11 is 4.76. The molecule has 0 atom stereocenters. The van der Waals surface area contributed by atoms with E-state index < -0.39 is 11.7 Å². The third-order valence-electron chi connectivity index (χ3n) is 2.71. The number of nitrogens with two attached hydrogens (primary N) is 1. The van der Waals surface area contributed by atoms with Crippen LogP contribution in [-0.4, -0.2) is 11.5 Å². The van der Waals surface area contributed by atoms with Crippen LogP contribution in [0.15, 0.2) is 50.9 Å².